The summed E-state index contributed by atoms with van der Waals surface area (Å²) in [6, 6.07) is 13.0. The van der Waals surface area contributed by atoms with Gasteiger partial charge >= 0.3 is 0 Å². The van der Waals surface area contributed by atoms with E-state index in [0.29, 0.717) is 0 Å². The van der Waals surface area contributed by atoms with Gasteiger partial charge in [0.05, 0.1) is 23.0 Å². The van der Waals surface area contributed by atoms with Crippen LogP contribution in [-0.2, 0) is 6.54 Å². The third-order valence-electron chi connectivity index (χ3n) is 5.88. The van der Waals surface area contributed by atoms with Gasteiger partial charge in [-0.15, -0.1) is 0 Å². The zero-order valence-electron chi connectivity index (χ0n) is 16.4. The van der Waals surface area contributed by atoms with E-state index in [-0.39, 0.29) is 5.82 Å². The topological polar surface area (TPSA) is 37.4 Å². The maximum atomic E-state index is 13.6. The van der Waals surface area contributed by atoms with Crippen LogP contribution >= 0.6 is 0 Å². The summed E-state index contributed by atoms with van der Waals surface area (Å²) in [6.45, 7) is 6.05. The third-order valence-corrected chi connectivity index (χ3v) is 5.88. The number of para-hydroxylation sites is 2. The Morgan fingerprint density at radius 2 is 1.79 bits per heavy atom. The highest BCUT2D eigenvalue weighted by Crippen LogP contribution is 2.30. The predicted octanol–water partition coefficient (Wildman–Crippen LogP) is 4.52. The molecule has 2 aromatic carbocycles. The van der Waals surface area contributed by atoms with Crippen molar-refractivity contribution >= 4 is 27.7 Å². The Labute approximate surface area is 169 Å². The van der Waals surface area contributed by atoms with Gasteiger partial charge in [-0.25, -0.2) is 9.37 Å². The number of fused-ring (bicyclic) bond motifs is 2. The number of hydrogen-bond donors (Lipinski definition) is 0. The van der Waals surface area contributed by atoms with Gasteiger partial charge in [-0.2, -0.15) is 0 Å². The molecular formula is C23H25FN4O. The lowest BCUT2D eigenvalue weighted by Crippen LogP contribution is -2.46. The molecule has 6 heteroatoms. The molecule has 0 amide bonds. The van der Waals surface area contributed by atoms with E-state index in [1.54, 1.807) is 18.4 Å². The summed E-state index contributed by atoms with van der Waals surface area (Å²) in [4.78, 5) is 9.29. The Bertz CT molecular complexity index is 1110. The van der Waals surface area contributed by atoms with Gasteiger partial charge in [0.2, 0.25) is 0 Å². The molecule has 0 bridgehead atoms. The van der Waals surface area contributed by atoms with E-state index in [2.05, 4.69) is 37.5 Å². The first-order valence-electron chi connectivity index (χ1n) is 10.3. The number of aryl methyl sites for hydroxylation is 1. The molecule has 0 atom stereocenters. The molecule has 2 aromatic heterocycles. The minimum absolute atomic E-state index is 0.218. The molecule has 0 unspecified atom stereocenters. The number of anilines is 1. The van der Waals surface area contributed by atoms with Gasteiger partial charge in [-0.3, -0.25) is 4.90 Å². The molecule has 0 radical (unpaired) electrons. The first-order valence-corrected chi connectivity index (χ1v) is 10.3. The minimum Gasteiger partial charge on any atom is -0.462 e. The van der Waals surface area contributed by atoms with Crippen LogP contribution in [0.5, 0.6) is 0 Å². The highest BCUT2D eigenvalue weighted by Gasteiger charge is 2.20. The molecule has 0 aliphatic carbocycles. The fourth-order valence-electron chi connectivity index (χ4n) is 4.25. The molecule has 0 N–H and O–H groups in total. The summed E-state index contributed by atoms with van der Waals surface area (Å²) >= 11 is 0. The van der Waals surface area contributed by atoms with Crippen LogP contribution in [0.25, 0.3) is 22.0 Å². The standard InChI is InChI=1S/C23H25FN4O/c24-18-7-8-23-19(15-18)22(16-29-23)27-13-11-26(12-14-27)9-3-4-10-28-17-25-20-5-1-2-6-21(20)28/h1-2,5-8,15-17H,3-4,9-14H2. The fraction of sp³-hybridized carbons (Fsp3) is 0.348. The SMILES string of the molecule is Fc1ccc2occ(N3CCN(CCCCn4cnc5ccccc54)CC3)c2c1. The van der Waals surface area contributed by atoms with Crippen LogP contribution in [0.2, 0.25) is 0 Å². The number of halogens is 1. The number of aromatic nitrogens is 2. The van der Waals surface area contributed by atoms with Crippen molar-refractivity contribution in [3.05, 3.63) is 60.9 Å². The number of imidazole rings is 1. The smallest absolute Gasteiger partial charge is 0.136 e. The number of furan rings is 1. The Morgan fingerprint density at radius 1 is 0.966 bits per heavy atom. The van der Waals surface area contributed by atoms with E-state index in [1.807, 2.05) is 12.4 Å². The first-order chi connectivity index (χ1) is 14.3. The van der Waals surface area contributed by atoms with Crippen LogP contribution in [0.4, 0.5) is 10.1 Å². The van der Waals surface area contributed by atoms with Crippen molar-refractivity contribution in [2.45, 2.75) is 19.4 Å². The second-order valence-electron chi connectivity index (χ2n) is 7.72. The van der Waals surface area contributed by atoms with Gasteiger partial charge in [0.25, 0.3) is 0 Å². The number of unbranched alkanes of at least 4 members (excludes halogenated alkanes) is 1. The maximum absolute atomic E-state index is 13.6. The summed E-state index contributed by atoms with van der Waals surface area (Å²) in [6.07, 6.45) is 6.02. The number of piperazine rings is 1. The Morgan fingerprint density at radius 3 is 2.69 bits per heavy atom. The average Bonchev–Trinajstić information content (AvgIpc) is 3.36. The predicted molar refractivity (Wildman–Crippen MR) is 114 cm³/mol. The molecule has 0 spiro atoms. The lowest BCUT2D eigenvalue weighted by molar-refractivity contribution is 0.251. The van der Waals surface area contributed by atoms with E-state index in [9.17, 15) is 4.39 Å². The van der Waals surface area contributed by atoms with E-state index in [0.717, 1.165) is 67.9 Å². The summed E-state index contributed by atoms with van der Waals surface area (Å²) < 4.78 is 21.5. The van der Waals surface area contributed by atoms with Crippen LogP contribution in [0.15, 0.2) is 59.5 Å². The molecule has 5 rings (SSSR count). The van der Waals surface area contributed by atoms with Crippen LogP contribution in [-0.4, -0.2) is 47.2 Å². The Kier molecular flexibility index (Phi) is 4.94. The van der Waals surface area contributed by atoms with Crippen molar-refractivity contribution in [3.63, 3.8) is 0 Å². The molecule has 5 nitrogen and oxygen atoms in total. The van der Waals surface area contributed by atoms with Crippen LogP contribution < -0.4 is 4.90 Å². The van der Waals surface area contributed by atoms with E-state index in [4.69, 9.17) is 4.42 Å². The van der Waals surface area contributed by atoms with Gasteiger partial charge in [0, 0.05) is 38.1 Å². The molecule has 29 heavy (non-hydrogen) atoms. The molecule has 150 valence electrons. The fourth-order valence-corrected chi connectivity index (χ4v) is 4.25. The minimum atomic E-state index is -0.218. The van der Waals surface area contributed by atoms with E-state index < -0.39 is 0 Å². The molecule has 1 aliphatic heterocycles. The van der Waals surface area contributed by atoms with E-state index >= 15 is 0 Å². The molecule has 1 saturated heterocycles. The van der Waals surface area contributed by atoms with E-state index in [1.165, 1.54) is 18.0 Å². The normalized spacial score (nSPS) is 15.6. The van der Waals surface area contributed by atoms with Crippen LogP contribution in [0.3, 0.4) is 0 Å². The van der Waals surface area contributed by atoms with Gasteiger partial charge in [0.15, 0.2) is 0 Å². The van der Waals surface area contributed by atoms with Crippen molar-refractivity contribution in [1.82, 2.24) is 14.5 Å². The van der Waals surface area contributed by atoms with Crippen molar-refractivity contribution < 1.29 is 8.81 Å². The highest BCUT2D eigenvalue weighted by atomic mass is 19.1. The first kappa shape index (κ1) is 18.2. The second kappa shape index (κ2) is 7.87. The summed E-state index contributed by atoms with van der Waals surface area (Å²) in [7, 11) is 0. The third kappa shape index (κ3) is 3.72. The van der Waals surface area contributed by atoms with Gasteiger partial charge in [-0.1, -0.05) is 12.1 Å². The van der Waals surface area contributed by atoms with Crippen LogP contribution in [0, 0.1) is 5.82 Å². The maximum Gasteiger partial charge on any atom is 0.136 e. The van der Waals surface area contributed by atoms with Crippen molar-refractivity contribution in [1.29, 1.82) is 0 Å². The molecule has 3 heterocycles. The van der Waals surface area contributed by atoms with Gasteiger partial charge in [-0.05, 0) is 49.7 Å². The quantitative estimate of drug-likeness (QED) is 0.452. The Balaban J connectivity index is 1.11. The number of nitrogens with zero attached hydrogens (tertiary/aromatic N) is 4. The average molecular weight is 392 g/mol. The van der Waals surface area contributed by atoms with Gasteiger partial charge < -0.3 is 13.9 Å². The van der Waals surface area contributed by atoms with Crippen molar-refractivity contribution in [2.75, 3.05) is 37.6 Å². The summed E-state index contributed by atoms with van der Waals surface area (Å²) in [5, 5.41) is 0.867. The lowest BCUT2D eigenvalue weighted by Gasteiger charge is -2.35. The Hall–Kier alpha value is -2.86. The number of hydrogen-bond acceptors (Lipinski definition) is 4. The second-order valence-corrected chi connectivity index (χ2v) is 7.72. The highest BCUT2D eigenvalue weighted by molar-refractivity contribution is 5.91. The molecule has 0 saturated carbocycles. The number of rotatable bonds is 6. The molecular weight excluding hydrogens is 367 g/mol. The van der Waals surface area contributed by atoms with Crippen LogP contribution in [0.1, 0.15) is 12.8 Å². The monoisotopic (exact) mass is 392 g/mol. The molecule has 1 fully saturated rings. The largest absolute Gasteiger partial charge is 0.462 e. The zero-order chi connectivity index (χ0) is 19.6. The summed E-state index contributed by atoms with van der Waals surface area (Å²) in [5.74, 6) is -0.218. The molecule has 1 aliphatic rings. The number of benzene rings is 2. The summed E-state index contributed by atoms with van der Waals surface area (Å²) in [5.41, 5.74) is 4.03. The van der Waals surface area contributed by atoms with Crippen molar-refractivity contribution in [2.24, 2.45) is 0 Å². The van der Waals surface area contributed by atoms with Gasteiger partial charge in [0.1, 0.15) is 17.7 Å². The van der Waals surface area contributed by atoms with Crippen molar-refractivity contribution in [3.8, 4) is 0 Å². The molecule has 4 aromatic rings. The lowest BCUT2D eigenvalue weighted by atomic mass is 10.2. The zero-order valence-corrected chi connectivity index (χ0v) is 16.4.